The van der Waals surface area contributed by atoms with Crippen LogP contribution in [0.25, 0.3) is 0 Å². The van der Waals surface area contributed by atoms with Crippen LogP contribution < -0.4 is 15.1 Å². The van der Waals surface area contributed by atoms with Crippen LogP contribution in [0.1, 0.15) is 21.6 Å². The topological polar surface area (TPSA) is 74.2 Å². The van der Waals surface area contributed by atoms with Gasteiger partial charge in [-0.25, -0.2) is 19.3 Å². The molecule has 0 radical (unpaired) electrons. The standard InChI is InChI=1S/C17H21FN6O/c1-19-16(25)13-8-11-4-6-24(17-20-9-12(18)10-21-17)7-5-14(11)22-15(13)23(2)3/h8-10H,4-7H2,1-3H3,(H,19,25). The van der Waals surface area contributed by atoms with E-state index >= 15 is 0 Å². The normalized spacial score (nSPS) is 13.8. The van der Waals surface area contributed by atoms with Gasteiger partial charge in [0.05, 0.1) is 18.0 Å². The van der Waals surface area contributed by atoms with Gasteiger partial charge in [-0.2, -0.15) is 0 Å². The summed E-state index contributed by atoms with van der Waals surface area (Å²) in [6.45, 7) is 1.38. The Morgan fingerprint density at radius 1 is 1.24 bits per heavy atom. The Morgan fingerprint density at radius 2 is 1.92 bits per heavy atom. The summed E-state index contributed by atoms with van der Waals surface area (Å²) in [6.07, 6.45) is 3.78. The van der Waals surface area contributed by atoms with Crippen LogP contribution in [-0.4, -0.2) is 55.1 Å². The number of pyridine rings is 1. The van der Waals surface area contributed by atoms with E-state index in [-0.39, 0.29) is 5.91 Å². The van der Waals surface area contributed by atoms with Gasteiger partial charge < -0.3 is 15.1 Å². The molecular weight excluding hydrogens is 323 g/mol. The number of rotatable bonds is 3. The van der Waals surface area contributed by atoms with Gasteiger partial charge in [0.25, 0.3) is 5.91 Å². The van der Waals surface area contributed by atoms with Gasteiger partial charge in [-0.1, -0.05) is 0 Å². The van der Waals surface area contributed by atoms with Gasteiger partial charge in [0.1, 0.15) is 5.82 Å². The minimum absolute atomic E-state index is 0.151. The lowest BCUT2D eigenvalue weighted by Crippen LogP contribution is -2.27. The summed E-state index contributed by atoms with van der Waals surface area (Å²) in [7, 11) is 5.36. The molecule has 1 aliphatic heterocycles. The molecule has 132 valence electrons. The first-order chi connectivity index (χ1) is 12.0. The van der Waals surface area contributed by atoms with E-state index in [1.165, 1.54) is 12.4 Å². The van der Waals surface area contributed by atoms with Crippen LogP contribution in [0.5, 0.6) is 0 Å². The second kappa shape index (κ2) is 7.00. The van der Waals surface area contributed by atoms with Gasteiger partial charge in [0, 0.05) is 46.3 Å². The third kappa shape index (κ3) is 3.52. The largest absolute Gasteiger partial charge is 0.362 e. The highest BCUT2D eigenvalue weighted by molar-refractivity contribution is 5.99. The first kappa shape index (κ1) is 17.1. The molecule has 0 aliphatic carbocycles. The maximum atomic E-state index is 13.0. The molecule has 2 aromatic rings. The summed E-state index contributed by atoms with van der Waals surface area (Å²) in [5.74, 6) is 0.564. The molecule has 2 aromatic heterocycles. The lowest BCUT2D eigenvalue weighted by molar-refractivity contribution is 0.0963. The van der Waals surface area contributed by atoms with Crippen molar-refractivity contribution in [2.45, 2.75) is 12.8 Å². The maximum Gasteiger partial charge on any atom is 0.254 e. The van der Waals surface area contributed by atoms with Gasteiger partial charge in [-0.3, -0.25) is 4.79 Å². The molecule has 0 atom stereocenters. The number of fused-ring (bicyclic) bond motifs is 1. The number of amides is 1. The van der Waals surface area contributed by atoms with Crippen LogP contribution >= 0.6 is 0 Å². The minimum Gasteiger partial charge on any atom is -0.362 e. The molecule has 25 heavy (non-hydrogen) atoms. The van der Waals surface area contributed by atoms with Crippen molar-refractivity contribution >= 4 is 17.7 Å². The minimum atomic E-state index is -0.450. The molecule has 1 N–H and O–H groups in total. The Morgan fingerprint density at radius 3 is 2.56 bits per heavy atom. The van der Waals surface area contributed by atoms with E-state index in [0.717, 1.165) is 17.7 Å². The van der Waals surface area contributed by atoms with Crippen molar-refractivity contribution in [2.24, 2.45) is 0 Å². The van der Waals surface area contributed by atoms with Crippen molar-refractivity contribution in [3.05, 3.63) is 41.1 Å². The van der Waals surface area contributed by atoms with Crippen LogP contribution in [-0.2, 0) is 12.8 Å². The molecule has 1 aliphatic rings. The zero-order valence-corrected chi connectivity index (χ0v) is 14.6. The first-order valence-electron chi connectivity index (χ1n) is 8.14. The zero-order valence-electron chi connectivity index (χ0n) is 14.6. The van der Waals surface area contributed by atoms with Gasteiger partial charge in [0.2, 0.25) is 5.95 Å². The Labute approximate surface area is 145 Å². The van der Waals surface area contributed by atoms with E-state index < -0.39 is 5.82 Å². The number of anilines is 2. The molecular formula is C17H21FN6O. The monoisotopic (exact) mass is 344 g/mol. The van der Waals surface area contributed by atoms with E-state index in [4.69, 9.17) is 4.98 Å². The summed E-state index contributed by atoms with van der Waals surface area (Å²) in [6, 6.07) is 1.92. The van der Waals surface area contributed by atoms with Crippen molar-refractivity contribution in [2.75, 3.05) is 44.0 Å². The third-order valence-electron chi connectivity index (χ3n) is 4.23. The molecule has 7 nitrogen and oxygen atoms in total. The van der Waals surface area contributed by atoms with Crippen LogP contribution in [0, 0.1) is 5.82 Å². The molecule has 3 rings (SSSR count). The summed E-state index contributed by atoms with van der Waals surface area (Å²) < 4.78 is 13.0. The number of carbonyl (C=O) groups is 1. The molecule has 0 bridgehead atoms. The predicted octanol–water partition coefficient (Wildman–Crippen LogP) is 1.04. The quantitative estimate of drug-likeness (QED) is 0.897. The summed E-state index contributed by atoms with van der Waals surface area (Å²) in [5, 5.41) is 2.67. The van der Waals surface area contributed by atoms with Gasteiger partial charge in [0.15, 0.2) is 5.82 Å². The molecule has 0 saturated carbocycles. The second-order valence-electron chi connectivity index (χ2n) is 6.13. The first-order valence-corrected chi connectivity index (χ1v) is 8.14. The van der Waals surface area contributed by atoms with Crippen molar-refractivity contribution in [1.82, 2.24) is 20.3 Å². The van der Waals surface area contributed by atoms with Crippen LogP contribution in [0.15, 0.2) is 18.5 Å². The number of nitrogens with zero attached hydrogens (tertiary/aromatic N) is 5. The number of halogens is 1. The number of aromatic nitrogens is 3. The molecule has 0 aromatic carbocycles. The maximum absolute atomic E-state index is 13.0. The fraction of sp³-hybridized carbons (Fsp3) is 0.412. The van der Waals surface area contributed by atoms with Crippen molar-refractivity contribution < 1.29 is 9.18 Å². The van der Waals surface area contributed by atoms with Crippen molar-refractivity contribution in [3.8, 4) is 0 Å². The van der Waals surface area contributed by atoms with Gasteiger partial charge >= 0.3 is 0 Å². The number of nitrogens with one attached hydrogen (secondary N) is 1. The molecule has 1 amide bonds. The molecule has 0 spiro atoms. The third-order valence-corrected chi connectivity index (χ3v) is 4.23. The molecule has 8 heteroatoms. The van der Waals surface area contributed by atoms with E-state index in [0.29, 0.717) is 36.8 Å². The molecule has 0 unspecified atom stereocenters. The highest BCUT2D eigenvalue weighted by Gasteiger charge is 2.22. The zero-order chi connectivity index (χ0) is 18.0. The Kier molecular flexibility index (Phi) is 4.78. The number of hydrogen-bond donors (Lipinski definition) is 1. The summed E-state index contributed by atoms with van der Waals surface area (Å²) in [5.41, 5.74) is 2.59. The smallest absolute Gasteiger partial charge is 0.254 e. The SMILES string of the molecule is CNC(=O)c1cc2c(nc1N(C)C)CCN(c1ncc(F)cn1)CC2. The van der Waals surface area contributed by atoms with Gasteiger partial charge in [-0.15, -0.1) is 0 Å². The fourth-order valence-electron chi connectivity index (χ4n) is 2.93. The van der Waals surface area contributed by atoms with E-state index in [9.17, 15) is 9.18 Å². The van der Waals surface area contributed by atoms with Crippen LogP contribution in [0.4, 0.5) is 16.2 Å². The highest BCUT2D eigenvalue weighted by Crippen LogP contribution is 2.24. The van der Waals surface area contributed by atoms with E-state index in [1.54, 1.807) is 7.05 Å². The summed E-state index contributed by atoms with van der Waals surface area (Å²) in [4.78, 5) is 28.9. The Bertz CT molecular complexity index is 777. The van der Waals surface area contributed by atoms with Crippen molar-refractivity contribution in [3.63, 3.8) is 0 Å². The average molecular weight is 344 g/mol. The lowest BCUT2D eigenvalue weighted by Gasteiger charge is -2.19. The van der Waals surface area contributed by atoms with Crippen molar-refractivity contribution in [1.29, 1.82) is 0 Å². The fourth-order valence-corrected chi connectivity index (χ4v) is 2.93. The number of hydrogen-bond acceptors (Lipinski definition) is 6. The number of carbonyl (C=O) groups excluding carboxylic acids is 1. The lowest BCUT2D eigenvalue weighted by atomic mass is 10.0. The van der Waals surface area contributed by atoms with Crippen LogP contribution in [0.3, 0.4) is 0 Å². The Balaban J connectivity index is 1.90. The molecule has 0 fully saturated rings. The Hall–Kier alpha value is -2.77. The van der Waals surface area contributed by atoms with E-state index in [1.807, 2.05) is 30.0 Å². The second-order valence-corrected chi connectivity index (χ2v) is 6.13. The van der Waals surface area contributed by atoms with Gasteiger partial charge in [-0.05, 0) is 18.1 Å². The molecule has 0 saturated heterocycles. The van der Waals surface area contributed by atoms with E-state index in [2.05, 4.69) is 15.3 Å². The predicted molar refractivity (Wildman–Crippen MR) is 93.6 cm³/mol. The highest BCUT2D eigenvalue weighted by atomic mass is 19.1. The van der Waals surface area contributed by atoms with Crippen LogP contribution in [0.2, 0.25) is 0 Å². The molecule has 3 heterocycles. The summed E-state index contributed by atoms with van der Waals surface area (Å²) >= 11 is 0. The average Bonchev–Trinajstić information content (AvgIpc) is 2.82.